The van der Waals surface area contributed by atoms with Gasteiger partial charge in [0, 0.05) is 17.5 Å². The summed E-state index contributed by atoms with van der Waals surface area (Å²) in [5.74, 6) is 0.603. The van der Waals surface area contributed by atoms with Crippen molar-refractivity contribution in [3.8, 4) is 0 Å². The van der Waals surface area contributed by atoms with E-state index in [-0.39, 0.29) is 24.2 Å². The number of fused-ring (bicyclic) bond motifs is 1. The Morgan fingerprint density at radius 3 is 2.70 bits per heavy atom. The second kappa shape index (κ2) is 7.69. The van der Waals surface area contributed by atoms with Gasteiger partial charge in [0.25, 0.3) is 0 Å². The van der Waals surface area contributed by atoms with Gasteiger partial charge in [0.15, 0.2) is 5.82 Å². The summed E-state index contributed by atoms with van der Waals surface area (Å²) in [7, 11) is -3.47. The number of hydrogen-bond donors (Lipinski definition) is 2. The summed E-state index contributed by atoms with van der Waals surface area (Å²) in [5, 5.41) is 9.59. The Labute approximate surface area is 175 Å². The molecule has 3 fully saturated rings. The molecule has 1 aliphatic heterocycles. The van der Waals surface area contributed by atoms with Gasteiger partial charge >= 0.3 is 6.09 Å². The van der Waals surface area contributed by atoms with Crippen LogP contribution in [0.4, 0.5) is 9.18 Å². The molecule has 0 aromatic carbocycles. The first-order chi connectivity index (χ1) is 14.1. The smallest absolute Gasteiger partial charge is 0.407 e. The Hall–Kier alpha value is -1.85. The van der Waals surface area contributed by atoms with Gasteiger partial charge in [-0.1, -0.05) is 0 Å². The summed E-state index contributed by atoms with van der Waals surface area (Å²) in [6.45, 7) is 1.91. The molecule has 2 N–H and O–H groups in total. The molecule has 1 aromatic rings. The minimum atomic E-state index is -3.47. The molecule has 1 saturated heterocycles. The van der Waals surface area contributed by atoms with Crippen molar-refractivity contribution in [1.82, 2.24) is 19.6 Å². The molecule has 4 rings (SSSR count). The summed E-state index contributed by atoms with van der Waals surface area (Å²) >= 11 is 0. The third-order valence-corrected chi connectivity index (χ3v) is 7.47. The molecule has 30 heavy (non-hydrogen) atoms. The Morgan fingerprint density at radius 1 is 1.40 bits per heavy atom. The van der Waals surface area contributed by atoms with Gasteiger partial charge in [-0.2, -0.15) is 0 Å². The normalized spacial score (nSPS) is 35.8. The number of sulfonamides is 1. The van der Waals surface area contributed by atoms with Crippen LogP contribution in [0.5, 0.6) is 0 Å². The Bertz CT molecular complexity index is 914. The predicted molar refractivity (Wildman–Crippen MR) is 105 cm³/mol. The highest BCUT2D eigenvalue weighted by atomic mass is 32.2. The number of amides is 1. The average molecular weight is 443 g/mol. The van der Waals surface area contributed by atoms with Crippen molar-refractivity contribution in [2.75, 3.05) is 12.9 Å². The maximum Gasteiger partial charge on any atom is 0.407 e. The molecule has 9 nitrogen and oxygen atoms in total. The highest BCUT2D eigenvalue weighted by Gasteiger charge is 2.60. The Kier molecular flexibility index (Phi) is 5.48. The van der Waals surface area contributed by atoms with Crippen molar-refractivity contribution in [2.24, 2.45) is 5.92 Å². The number of rotatable bonds is 6. The van der Waals surface area contributed by atoms with E-state index >= 15 is 0 Å². The summed E-state index contributed by atoms with van der Waals surface area (Å²) in [6, 6.07) is -1.38. The number of carbonyl (C=O) groups is 1. The standard InChI is InChI=1S/C19H27FN4O5S/c1-11-5-15(23-30(2,27)28)16(24(11)18(25)26)10-29-14-3-4-19(7-12(19)6-14)17-21-8-13(20)9-22-17/h8-9,11-12,14-16,23H,3-7,10H2,1-2H3,(H,25,26)/t11-,12-,14+,15+,16+,19-/m1/s1. The number of halogens is 1. The SMILES string of the molecule is C[C@@H]1C[C@H](NS(C)(=O)=O)[C@H](CO[C@H]2CC[C@@]3(c4ncc(F)cn4)C[C@H]3C2)N1C(=O)O. The first kappa shape index (κ1) is 21.4. The van der Waals surface area contributed by atoms with Crippen molar-refractivity contribution in [3.63, 3.8) is 0 Å². The topological polar surface area (TPSA) is 122 Å². The Balaban J connectivity index is 1.38. The lowest BCUT2D eigenvalue weighted by Gasteiger charge is -2.32. The lowest BCUT2D eigenvalue weighted by atomic mass is 9.86. The molecule has 11 heteroatoms. The number of ether oxygens (including phenoxy) is 1. The molecule has 0 spiro atoms. The van der Waals surface area contributed by atoms with Crippen LogP contribution in [-0.2, 0) is 20.2 Å². The van der Waals surface area contributed by atoms with E-state index in [1.165, 1.54) is 17.3 Å². The highest BCUT2D eigenvalue weighted by molar-refractivity contribution is 7.88. The minimum Gasteiger partial charge on any atom is -0.465 e. The molecule has 2 aliphatic carbocycles. The van der Waals surface area contributed by atoms with Crippen LogP contribution in [0.2, 0.25) is 0 Å². The minimum absolute atomic E-state index is 0.0310. The molecule has 0 unspecified atom stereocenters. The summed E-state index contributed by atoms with van der Waals surface area (Å²) < 4.78 is 45.2. The molecule has 1 aromatic heterocycles. The van der Waals surface area contributed by atoms with Gasteiger partial charge in [-0.3, -0.25) is 4.90 Å². The lowest BCUT2D eigenvalue weighted by molar-refractivity contribution is -0.00875. The second-order valence-electron chi connectivity index (χ2n) is 8.85. The molecule has 0 radical (unpaired) electrons. The third kappa shape index (κ3) is 4.15. The van der Waals surface area contributed by atoms with Crippen LogP contribution in [0, 0.1) is 11.7 Å². The van der Waals surface area contributed by atoms with Crippen molar-refractivity contribution in [1.29, 1.82) is 0 Å². The fourth-order valence-corrected chi connectivity index (χ4v) is 6.08. The summed E-state index contributed by atoms with van der Waals surface area (Å²) in [6.07, 6.45) is 6.13. The molecule has 3 aliphatic rings. The average Bonchev–Trinajstić information content (AvgIpc) is 3.30. The van der Waals surface area contributed by atoms with Gasteiger partial charge in [-0.05, 0) is 44.9 Å². The first-order valence-corrected chi connectivity index (χ1v) is 12.1. The van der Waals surface area contributed by atoms with E-state index in [4.69, 9.17) is 4.74 Å². The molecular formula is C19H27FN4O5S. The van der Waals surface area contributed by atoms with Crippen molar-refractivity contribution in [3.05, 3.63) is 24.0 Å². The van der Waals surface area contributed by atoms with E-state index in [2.05, 4.69) is 14.7 Å². The predicted octanol–water partition coefficient (Wildman–Crippen LogP) is 1.50. The van der Waals surface area contributed by atoms with E-state index in [0.29, 0.717) is 18.2 Å². The van der Waals surface area contributed by atoms with Gasteiger partial charge in [0.1, 0.15) is 5.82 Å². The van der Waals surface area contributed by atoms with Crippen LogP contribution in [0.25, 0.3) is 0 Å². The quantitative estimate of drug-likeness (QED) is 0.685. The van der Waals surface area contributed by atoms with Crippen molar-refractivity contribution >= 4 is 16.1 Å². The molecule has 6 atom stereocenters. The van der Waals surface area contributed by atoms with E-state index in [1.54, 1.807) is 6.92 Å². The van der Waals surface area contributed by atoms with Gasteiger partial charge in [0.2, 0.25) is 10.0 Å². The number of aromatic nitrogens is 2. The third-order valence-electron chi connectivity index (χ3n) is 6.74. The number of nitrogens with zero attached hydrogens (tertiary/aromatic N) is 3. The van der Waals surface area contributed by atoms with E-state index in [0.717, 1.165) is 31.9 Å². The number of nitrogens with one attached hydrogen (secondary N) is 1. The summed E-state index contributed by atoms with van der Waals surface area (Å²) in [4.78, 5) is 21.3. The largest absolute Gasteiger partial charge is 0.465 e. The highest BCUT2D eigenvalue weighted by Crippen LogP contribution is 2.61. The maximum absolute atomic E-state index is 13.1. The van der Waals surface area contributed by atoms with Crippen LogP contribution in [0.1, 0.15) is 44.9 Å². The molecule has 0 bridgehead atoms. The van der Waals surface area contributed by atoms with Gasteiger partial charge in [-0.15, -0.1) is 0 Å². The maximum atomic E-state index is 13.1. The summed E-state index contributed by atoms with van der Waals surface area (Å²) in [5.41, 5.74) is -0.0943. The zero-order valence-corrected chi connectivity index (χ0v) is 17.8. The molecule has 166 valence electrons. The molecule has 2 saturated carbocycles. The number of hydrogen-bond acceptors (Lipinski definition) is 6. The zero-order chi connectivity index (χ0) is 21.7. The fraction of sp³-hybridized carbons (Fsp3) is 0.737. The van der Waals surface area contributed by atoms with Gasteiger partial charge < -0.3 is 9.84 Å². The van der Waals surface area contributed by atoms with E-state index in [1.807, 2.05) is 0 Å². The Morgan fingerprint density at radius 2 is 2.10 bits per heavy atom. The van der Waals surface area contributed by atoms with E-state index < -0.39 is 34.0 Å². The van der Waals surface area contributed by atoms with E-state index in [9.17, 15) is 22.7 Å². The lowest BCUT2D eigenvalue weighted by Crippen LogP contribution is -2.50. The van der Waals surface area contributed by atoms with Crippen molar-refractivity contribution in [2.45, 2.75) is 68.7 Å². The second-order valence-corrected chi connectivity index (χ2v) is 10.6. The van der Waals surface area contributed by atoms with Crippen molar-refractivity contribution < 1.29 is 27.4 Å². The molecular weight excluding hydrogens is 415 g/mol. The molecule has 2 heterocycles. The van der Waals surface area contributed by atoms with Crippen LogP contribution in [-0.4, -0.2) is 71.6 Å². The van der Waals surface area contributed by atoms with Crippen LogP contribution in [0.15, 0.2) is 12.4 Å². The monoisotopic (exact) mass is 442 g/mol. The number of carboxylic acid groups (broad SMARTS) is 1. The molecule has 1 amide bonds. The number of likely N-dealkylation sites (tertiary alicyclic amines) is 1. The van der Waals surface area contributed by atoms with Crippen LogP contribution in [0.3, 0.4) is 0 Å². The van der Waals surface area contributed by atoms with Gasteiger partial charge in [-0.25, -0.2) is 32.3 Å². The first-order valence-electron chi connectivity index (χ1n) is 10.2. The fourth-order valence-electron chi connectivity index (χ4n) is 5.28. The van der Waals surface area contributed by atoms with Crippen LogP contribution < -0.4 is 4.72 Å². The van der Waals surface area contributed by atoms with Crippen LogP contribution >= 0.6 is 0 Å². The zero-order valence-electron chi connectivity index (χ0n) is 17.0. The van der Waals surface area contributed by atoms with Gasteiger partial charge in [0.05, 0.1) is 37.4 Å².